The Morgan fingerprint density at radius 1 is 0.643 bits per heavy atom. The van der Waals surface area contributed by atoms with E-state index < -0.39 is 23.4 Å². The van der Waals surface area contributed by atoms with Crippen LogP contribution in [-0.2, 0) is 8.86 Å². The van der Waals surface area contributed by atoms with Gasteiger partial charge in [0.2, 0.25) is 5.78 Å². The summed E-state index contributed by atoms with van der Waals surface area (Å²) in [6, 6.07) is 4.91. The molecule has 3 aromatic rings. The Labute approximate surface area is 295 Å². The number of Topliss-reactive ketones (excluding diaryl/α,β-unsaturated/α-hetero) is 2. The second kappa shape index (κ2) is 11.2. The molecule has 0 unspecified atom stereocenters. The minimum absolute atomic E-state index is 0.111. The van der Waals surface area contributed by atoms with E-state index in [0.29, 0.717) is 36.3 Å². The lowest BCUT2D eigenvalue weighted by atomic mass is 10.00. The lowest BCUT2D eigenvalue weighted by molar-refractivity contribution is 0.0922. The van der Waals surface area contributed by atoms with Crippen LogP contribution in [-0.4, -0.2) is 23.4 Å². The molecular weight excluding hydrogens is 895 g/mol. The fraction of sp³-hybridized carbons (Fsp3) is 0.0714. The number of hydrogen-bond donors (Lipinski definition) is 1. The van der Waals surface area contributed by atoms with Gasteiger partial charge < -0.3 is 5.32 Å². The number of rotatable bonds is 3. The summed E-state index contributed by atoms with van der Waals surface area (Å²) in [4.78, 5) is 55.6. The van der Waals surface area contributed by atoms with Crippen molar-refractivity contribution in [1.29, 1.82) is 0 Å². The smallest absolute Gasteiger partial charge is 0.267 e. The fourth-order valence-electron chi connectivity index (χ4n) is 5.19. The van der Waals surface area contributed by atoms with Crippen molar-refractivity contribution in [3.63, 3.8) is 0 Å². The second-order valence-electron chi connectivity index (χ2n) is 9.20. The largest absolute Gasteiger partial charge is 0.353 e. The van der Waals surface area contributed by atoms with Gasteiger partial charge in [-0.2, -0.15) is 0 Å². The highest BCUT2D eigenvalue weighted by Gasteiger charge is 2.45. The molecule has 0 fully saturated rings. The third-order valence-electron chi connectivity index (χ3n) is 7.12. The zero-order chi connectivity index (χ0) is 30.4. The van der Waals surface area contributed by atoms with Gasteiger partial charge in [0.05, 0.1) is 69.5 Å². The lowest BCUT2D eigenvalue weighted by Crippen LogP contribution is -2.30. The van der Waals surface area contributed by atoms with E-state index in [0.717, 1.165) is 4.90 Å². The first kappa shape index (κ1) is 30.6. The Morgan fingerprint density at radius 3 is 1.79 bits per heavy atom. The first-order chi connectivity index (χ1) is 20.0. The quantitative estimate of drug-likeness (QED) is 0.0539. The number of carbonyl (C=O) groups excluding carboxylic acids is 4. The minimum Gasteiger partial charge on any atom is -0.353 e. The monoisotopic (exact) mass is 902 g/mol. The fourth-order valence-corrected chi connectivity index (χ4v) is 9.12. The van der Waals surface area contributed by atoms with E-state index in [2.05, 4.69) is 50.5 Å². The molecule has 2 heterocycles. The topological polar surface area (TPSA) is 83.6 Å². The SMILES string of the molecule is O=C1/C(=C2/C=Cc3cccc(N4C(=O)c5c(Cl)c(Cl)c(Cl)c(Cl)c5C4=O)c3N2)C(=O)c2c(CI)c(Cl)c(CI)c(Cl)c21. The Morgan fingerprint density at radius 2 is 1.21 bits per heavy atom. The molecule has 6 nitrogen and oxygen atoms in total. The molecule has 6 rings (SSSR count). The molecule has 2 aliphatic heterocycles. The maximum Gasteiger partial charge on any atom is 0.267 e. The normalized spacial score (nSPS) is 17.2. The van der Waals surface area contributed by atoms with Gasteiger partial charge in [0, 0.05) is 25.5 Å². The van der Waals surface area contributed by atoms with Crippen molar-refractivity contribution in [2.75, 3.05) is 10.2 Å². The number of benzene rings is 3. The molecule has 2 amide bonds. The number of alkyl halides is 2. The predicted molar refractivity (Wildman–Crippen MR) is 184 cm³/mol. The number of para-hydroxylation sites is 1. The first-order valence-electron chi connectivity index (χ1n) is 11.8. The molecule has 1 N–H and O–H groups in total. The van der Waals surface area contributed by atoms with Gasteiger partial charge in [0.25, 0.3) is 11.8 Å². The highest BCUT2D eigenvalue weighted by Crippen LogP contribution is 2.48. The van der Waals surface area contributed by atoms with Gasteiger partial charge in [-0.1, -0.05) is 133 Å². The molecule has 14 heteroatoms. The van der Waals surface area contributed by atoms with E-state index in [1.165, 1.54) is 6.07 Å². The maximum absolute atomic E-state index is 13.8. The van der Waals surface area contributed by atoms with Gasteiger partial charge in [-0.05, 0) is 17.7 Å². The van der Waals surface area contributed by atoms with Gasteiger partial charge in [-0.3, -0.25) is 19.2 Å². The predicted octanol–water partition coefficient (Wildman–Crippen LogP) is 10.0. The van der Waals surface area contributed by atoms with Crippen LogP contribution in [0.2, 0.25) is 30.1 Å². The summed E-state index contributed by atoms with van der Waals surface area (Å²) >= 11 is 42.4. The third kappa shape index (κ3) is 4.23. The van der Waals surface area contributed by atoms with Crippen LogP contribution < -0.4 is 10.2 Å². The Hall–Kier alpha value is -1.38. The van der Waals surface area contributed by atoms with Crippen LogP contribution in [0.1, 0.15) is 58.1 Å². The molecule has 0 spiro atoms. The molecule has 1 aliphatic carbocycles. The molecule has 0 bridgehead atoms. The number of halogens is 8. The zero-order valence-electron chi connectivity index (χ0n) is 20.4. The minimum atomic E-state index is -0.765. The molecule has 0 atom stereocenters. The summed E-state index contributed by atoms with van der Waals surface area (Å²) < 4.78 is 0.829. The maximum atomic E-state index is 13.8. The van der Waals surface area contributed by atoms with Gasteiger partial charge >= 0.3 is 0 Å². The average Bonchev–Trinajstić information content (AvgIpc) is 3.39. The van der Waals surface area contributed by atoms with Crippen LogP contribution in [0.5, 0.6) is 0 Å². The van der Waals surface area contributed by atoms with Crippen LogP contribution >= 0.6 is 115 Å². The molecule has 0 aromatic heterocycles. The van der Waals surface area contributed by atoms with Crippen molar-refractivity contribution in [2.45, 2.75) is 8.86 Å². The van der Waals surface area contributed by atoms with Crippen LogP contribution in [0.15, 0.2) is 35.5 Å². The number of amides is 2. The summed E-state index contributed by atoms with van der Waals surface area (Å²) in [5, 5.41) is 2.91. The van der Waals surface area contributed by atoms with Crippen molar-refractivity contribution >= 4 is 156 Å². The highest BCUT2D eigenvalue weighted by molar-refractivity contribution is 14.1. The summed E-state index contributed by atoms with van der Waals surface area (Å²) in [5.74, 6) is -2.61. The Kier molecular flexibility index (Phi) is 8.17. The van der Waals surface area contributed by atoms with E-state index >= 15 is 0 Å². The van der Waals surface area contributed by atoms with Crippen LogP contribution in [0.3, 0.4) is 0 Å². The molecule has 0 radical (unpaired) electrons. The van der Waals surface area contributed by atoms with Crippen molar-refractivity contribution in [2.24, 2.45) is 0 Å². The Balaban J connectivity index is 1.49. The number of nitrogens with zero attached hydrogens (tertiary/aromatic N) is 1. The van der Waals surface area contributed by atoms with Gasteiger partial charge in [0.1, 0.15) is 0 Å². The standard InChI is InChI=1S/C28H10Cl6I2N2O4/c29-18-9(6-35)13-15(19(30)10(18)7-36)26(40)14(25(13)39)11-5-4-8-2-1-3-12(24(8)37-11)38-27(41)16-17(28(38)42)21(32)23(34)22(33)20(16)31/h1-5,37H,6-7H2/b14-11-. The molecule has 42 heavy (non-hydrogen) atoms. The number of carbonyl (C=O) groups is 4. The summed E-state index contributed by atoms with van der Waals surface area (Å²) in [6.45, 7) is 0. The molecular formula is C28H10Cl6I2N2O4. The average molecular weight is 905 g/mol. The van der Waals surface area contributed by atoms with Crippen molar-refractivity contribution in [3.05, 3.63) is 105 Å². The van der Waals surface area contributed by atoms with Crippen molar-refractivity contribution < 1.29 is 19.2 Å². The number of fused-ring (bicyclic) bond motifs is 3. The van der Waals surface area contributed by atoms with E-state index in [9.17, 15) is 19.2 Å². The van der Waals surface area contributed by atoms with Crippen LogP contribution in [0.4, 0.5) is 11.4 Å². The number of ketones is 2. The summed E-state index contributed by atoms with van der Waals surface area (Å²) in [5.41, 5.74) is 2.10. The van der Waals surface area contributed by atoms with Gasteiger partial charge in [-0.25, -0.2) is 4.90 Å². The number of allylic oxidation sites excluding steroid dienone is 2. The summed E-state index contributed by atoms with van der Waals surface area (Å²) in [7, 11) is 0. The van der Waals surface area contributed by atoms with E-state index in [1.54, 1.807) is 24.3 Å². The van der Waals surface area contributed by atoms with E-state index in [4.69, 9.17) is 69.6 Å². The Bertz CT molecular complexity index is 1890. The molecule has 3 aromatic carbocycles. The molecule has 0 saturated heterocycles. The lowest BCUT2D eigenvalue weighted by Gasteiger charge is -2.24. The summed E-state index contributed by atoms with van der Waals surface area (Å²) in [6.07, 6.45) is 3.24. The van der Waals surface area contributed by atoms with Crippen molar-refractivity contribution in [3.8, 4) is 0 Å². The van der Waals surface area contributed by atoms with Crippen LogP contribution in [0, 0.1) is 0 Å². The highest BCUT2D eigenvalue weighted by atomic mass is 127. The first-order valence-corrected chi connectivity index (χ1v) is 17.1. The zero-order valence-corrected chi connectivity index (χ0v) is 29.3. The number of imide groups is 1. The molecule has 3 aliphatic rings. The third-order valence-corrected chi connectivity index (χ3v) is 11.3. The number of nitrogens with one attached hydrogen (secondary N) is 1. The number of hydrogen-bond acceptors (Lipinski definition) is 5. The van der Waals surface area contributed by atoms with E-state index in [-0.39, 0.29) is 64.3 Å². The molecule has 212 valence electrons. The number of anilines is 2. The van der Waals surface area contributed by atoms with Gasteiger partial charge in [0.15, 0.2) is 5.78 Å². The molecule has 0 saturated carbocycles. The van der Waals surface area contributed by atoms with Crippen LogP contribution in [0.25, 0.3) is 6.08 Å². The van der Waals surface area contributed by atoms with E-state index in [1.807, 2.05) is 0 Å². The second-order valence-corrected chi connectivity index (χ2v) is 13.0. The van der Waals surface area contributed by atoms with Gasteiger partial charge in [-0.15, -0.1) is 0 Å². The van der Waals surface area contributed by atoms with Crippen molar-refractivity contribution in [1.82, 2.24) is 0 Å².